The number of phenolic OH excluding ortho intramolecular Hbond substituents is 1. The summed E-state index contributed by atoms with van der Waals surface area (Å²) in [7, 11) is -3.58. The summed E-state index contributed by atoms with van der Waals surface area (Å²) in [6, 6.07) is 11.5. The van der Waals surface area contributed by atoms with Gasteiger partial charge in [0.25, 0.3) is 0 Å². The van der Waals surface area contributed by atoms with E-state index in [1.54, 1.807) is 36.4 Å². The number of hydrogen-bond acceptors (Lipinski definition) is 5. The van der Waals surface area contributed by atoms with Crippen LogP contribution in [0.3, 0.4) is 0 Å². The third kappa shape index (κ3) is 2.47. The van der Waals surface area contributed by atoms with E-state index in [-0.39, 0.29) is 28.7 Å². The summed E-state index contributed by atoms with van der Waals surface area (Å²) in [6.07, 6.45) is 1.60. The van der Waals surface area contributed by atoms with Crippen LogP contribution in [0.25, 0.3) is 6.08 Å². The topological polar surface area (TPSA) is 89.6 Å². The van der Waals surface area contributed by atoms with Crippen LogP contribution >= 0.6 is 0 Å². The molecule has 0 spiro atoms. The highest BCUT2D eigenvalue weighted by atomic mass is 32.2. The van der Waals surface area contributed by atoms with Gasteiger partial charge in [0.15, 0.2) is 0 Å². The molecule has 0 radical (unpaired) electrons. The Kier molecular flexibility index (Phi) is 3.64. The van der Waals surface area contributed by atoms with Crippen molar-refractivity contribution in [3.63, 3.8) is 0 Å². The molecule has 0 aliphatic carbocycles. The first-order chi connectivity index (χ1) is 10.5. The summed E-state index contributed by atoms with van der Waals surface area (Å²) in [5.41, 5.74) is 6.86. The molecule has 0 atom stereocenters. The zero-order valence-electron chi connectivity index (χ0n) is 11.7. The fraction of sp³-hybridized carbons (Fsp3) is 0.125. The van der Waals surface area contributed by atoms with Crippen LogP contribution < -0.4 is 10.5 Å². The van der Waals surface area contributed by atoms with Gasteiger partial charge < -0.3 is 15.6 Å². The number of aromatic hydroxyl groups is 1. The summed E-state index contributed by atoms with van der Waals surface area (Å²) in [5.74, 6) is 0.473. The Labute approximate surface area is 128 Å². The van der Waals surface area contributed by atoms with Gasteiger partial charge in [-0.05, 0) is 29.3 Å². The molecule has 0 bridgehead atoms. The van der Waals surface area contributed by atoms with Crippen molar-refractivity contribution in [2.24, 2.45) is 5.73 Å². The van der Waals surface area contributed by atoms with Crippen LogP contribution in [0.2, 0.25) is 0 Å². The quantitative estimate of drug-likeness (QED) is 0.901. The number of sulfone groups is 1. The lowest BCUT2D eigenvalue weighted by Crippen LogP contribution is -2.12. The minimum atomic E-state index is -3.58. The first-order valence-corrected chi connectivity index (χ1v) is 8.20. The van der Waals surface area contributed by atoms with Gasteiger partial charge in [0, 0.05) is 12.6 Å². The van der Waals surface area contributed by atoms with Crippen LogP contribution in [-0.4, -0.2) is 20.1 Å². The van der Waals surface area contributed by atoms with E-state index in [9.17, 15) is 13.5 Å². The maximum absolute atomic E-state index is 12.6. The zero-order chi connectivity index (χ0) is 15.7. The Hall–Kier alpha value is -2.31. The average molecular weight is 317 g/mol. The Morgan fingerprint density at radius 1 is 1.14 bits per heavy atom. The maximum atomic E-state index is 12.6. The monoisotopic (exact) mass is 317 g/mol. The van der Waals surface area contributed by atoms with Crippen molar-refractivity contribution in [1.29, 1.82) is 0 Å². The van der Waals surface area contributed by atoms with Gasteiger partial charge in [-0.15, -0.1) is 0 Å². The Bertz CT molecular complexity index is 856. The molecular formula is C16H15NO4S. The average Bonchev–Trinajstić information content (AvgIpc) is 2.76. The first kappa shape index (κ1) is 14.6. The second-order valence-corrected chi connectivity index (χ2v) is 6.88. The van der Waals surface area contributed by atoms with E-state index in [0.717, 1.165) is 0 Å². The largest absolute Gasteiger partial charge is 0.508 e. The summed E-state index contributed by atoms with van der Waals surface area (Å²) in [6.45, 7) is 0.0708. The summed E-state index contributed by atoms with van der Waals surface area (Å²) >= 11 is 0. The van der Waals surface area contributed by atoms with Crippen molar-refractivity contribution in [1.82, 2.24) is 0 Å². The fourth-order valence-corrected chi connectivity index (χ4v) is 4.13. The third-order valence-electron chi connectivity index (χ3n) is 3.48. The van der Waals surface area contributed by atoms with Crippen molar-refractivity contribution < 1.29 is 18.3 Å². The zero-order valence-corrected chi connectivity index (χ0v) is 12.5. The van der Waals surface area contributed by atoms with Crippen LogP contribution in [0.1, 0.15) is 11.1 Å². The fourth-order valence-electron chi connectivity index (χ4n) is 2.44. The Morgan fingerprint density at radius 3 is 2.64 bits per heavy atom. The molecule has 114 valence electrons. The van der Waals surface area contributed by atoms with Gasteiger partial charge >= 0.3 is 0 Å². The molecule has 0 unspecified atom stereocenters. The van der Waals surface area contributed by atoms with Gasteiger partial charge in [-0.3, -0.25) is 0 Å². The van der Waals surface area contributed by atoms with Gasteiger partial charge in [-0.2, -0.15) is 0 Å². The van der Waals surface area contributed by atoms with E-state index >= 15 is 0 Å². The van der Waals surface area contributed by atoms with E-state index in [1.807, 2.05) is 0 Å². The van der Waals surface area contributed by atoms with Crippen molar-refractivity contribution in [2.45, 2.75) is 11.4 Å². The van der Waals surface area contributed by atoms with E-state index in [4.69, 9.17) is 10.5 Å². The molecule has 2 aromatic carbocycles. The number of nitrogens with two attached hydrogens (primary N) is 1. The third-order valence-corrected chi connectivity index (χ3v) is 5.44. The van der Waals surface area contributed by atoms with Crippen LogP contribution in [-0.2, 0) is 16.4 Å². The molecule has 0 fully saturated rings. The van der Waals surface area contributed by atoms with Crippen molar-refractivity contribution in [3.8, 4) is 11.5 Å². The van der Waals surface area contributed by atoms with Crippen LogP contribution in [0, 0.1) is 0 Å². The molecule has 6 heteroatoms. The van der Waals surface area contributed by atoms with Gasteiger partial charge in [-0.25, -0.2) is 8.42 Å². The van der Waals surface area contributed by atoms with E-state index in [0.29, 0.717) is 16.9 Å². The molecule has 2 aromatic rings. The molecule has 0 saturated heterocycles. The number of benzene rings is 2. The number of phenols is 1. The second-order valence-electron chi connectivity index (χ2n) is 4.94. The molecule has 0 saturated carbocycles. The molecule has 22 heavy (non-hydrogen) atoms. The molecule has 3 rings (SSSR count). The molecule has 3 N–H and O–H groups in total. The first-order valence-electron chi connectivity index (χ1n) is 6.72. The number of ether oxygens (including phenoxy) is 1. The summed E-state index contributed by atoms with van der Waals surface area (Å²) < 4.78 is 30.7. The molecule has 1 aliphatic rings. The molecule has 5 nitrogen and oxygen atoms in total. The molecule has 0 amide bonds. The number of hydrogen-bond donors (Lipinski definition) is 2. The number of fused-ring (bicyclic) bond motifs is 1. The van der Waals surface area contributed by atoms with Crippen LogP contribution in [0.5, 0.6) is 11.5 Å². The SMILES string of the molecule is NCc1cccc2c1S(=O)(=O)C(COc1cccc(O)c1)=C2. The standard InChI is InChI=1S/C16H15NO4S/c17-9-12-4-1-3-11-7-15(22(19,20)16(11)12)10-21-14-6-2-5-13(18)8-14/h1-8,18H,9-10,17H2. The van der Waals surface area contributed by atoms with E-state index in [1.165, 1.54) is 12.1 Å². The second kappa shape index (κ2) is 5.47. The minimum absolute atomic E-state index is 0.0643. The van der Waals surface area contributed by atoms with Gasteiger partial charge in [0.2, 0.25) is 9.84 Å². The molecular weight excluding hydrogens is 302 g/mol. The summed E-state index contributed by atoms with van der Waals surface area (Å²) in [4.78, 5) is 0.457. The predicted octanol–water partition coefficient (Wildman–Crippen LogP) is 2.06. The lowest BCUT2D eigenvalue weighted by molar-refractivity contribution is 0.356. The molecule has 1 aliphatic heterocycles. The Morgan fingerprint density at radius 2 is 1.91 bits per heavy atom. The van der Waals surface area contributed by atoms with Gasteiger partial charge in [0.1, 0.15) is 18.1 Å². The number of rotatable bonds is 4. The summed E-state index contributed by atoms with van der Waals surface area (Å²) in [5, 5.41) is 9.39. The molecule has 0 aromatic heterocycles. The van der Waals surface area contributed by atoms with Gasteiger partial charge in [0.05, 0.1) is 9.80 Å². The van der Waals surface area contributed by atoms with Crippen LogP contribution in [0.4, 0.5) is 0 Å². The predicted molar refractivity (Wildman–Crippen MR) is 83.1 cm³/mol. The van der Waals surface area contributed by atoms with Crippen molar-refractivity contribution >= 4 is 15.9 Å². The van der Waals surface area contributed by atoms with E-state index < -0.39 is 9.84 Å². The normalized spacial score (nSPS) is 15.2. The highest BCUT2D eigenvalue weighted by molar-refractivity contribution is 7.96. The van der Waals surface area contributed by atoms with Crippen LogP contribution in [0.15, 0.2) is 52.3 Å². The lowest BCUT2D eigenvalue weighted by Gasteiger charge is -2.09. The highest BCUT2D eigenvalue weighted by Gasteiger charge is 2.31. The Balaban J connectivity index is 1.88. The minimum Gasteiger partial charge on any atom is -0.508 e. The maximum Gasteiger partial charge on any atom is 0.207 e. The van der Waals surface area contributed by atoms with Crippen molar-refractivity contribution in [3.05, 3.63) is 58.5 Å². The van der Waals surface area contributed by atoms with Crippen molar-refractivity contribution in [2.75, 3.05) is 6.61 Å². The van der Waals surface area contributed by atoms with Gasteiger partial charge in [-0.1, -0.05) is 24.3 Å². The van der Waals surface area contributed by atoms with E-state index in [2.05, 4.69) is 0 Å². The molecule has 1 heterocycles. The smallest absolute Gasteiger partial charge is 0.207 e. The highest BCUT2D eigenvalue weighted by Crippen LogP contribution is 2.35. The lowest BCUT2D eigenvalue weighted by atomic mass is 10.1.